The van der Waals surface area contributed by atoms with Crippen LogP contribution in [0.1, 0.15) is 11.6 Å². The van der Waals surface area contributed by atoms with Crippen LogP contribution in [0.2, 0.25) is 0 Å². The minimum absolute atomic E-state index is 0.296. The van der Waals surface area contributed by atoms with E-state index in [1.165, 1.54) is 10.3 Å². The van der Waals surface area contributed by atoms with E-state index in [-0.39, 0.29) is 5.75 Å². The van der Waals surface area contributed by atoms with E-state index in [2.05, 4.69) is 14.7 Å². The molecule has 23 heteroatoms. The molecule has 41 heavy (non-hydrogen) atoms. The maximum Gasteiger partial charge on any atom is 0.419 e. The summed E-state index contributed by atoms with van der Waals surface area (Å²) in [6.07, 6.45) is -46.5. The van der Waals surface area contributed by atoms with E-state index < -0.39 is 71.2 Å². The summed E-state index contributed by atoms with van der Waals surface area (Å²) >= 11 is 0. The topological polar surface area (TPSA) is 59.9 Å². The number of rotatable bonds is 5. The van der Waals surface area contributed by atoms with Gasteiger partial charge in [0.2, 0.25) is 5.95 Å². The van der Waals surface area contributed by atoms with Gasteiger partial charge in [-0.1, -0.05) is 6.07 Å². The molecular weight excluding hydrogens is 630 g/mol. The van der Waals surface area contributed by atoms with Crippen LogP contribution in [-0.4, -0.2) is 59.1 Å². The van der Waals surface area contributed by atoms with Gasteiger partial charge in [-0.15, -0.1) is 0 Å². The second-order valence-electron chi connectivity index (χ2n) is 7.65. The van der Waals surface area contributed by atoms with Gasteiger partial charge in [0.05, 0.1) is 7.11 Å². The van der Waals surface area contributed by atoms with Crippen molar-refractivity contribution in [1.82, 2.24) is 15.0 Å². The first-order valence-corrected chi connectivity index (χ1v) is 9.68. The molecule has 0 saturated heterocycles. The molecule has 0 amide bonds. The van der Waals surface area contributed by atoms with Crippen molar-refractivity contribution in [2.24, 2.45) is 0 Å². The second kappa shape index (κ2) is 9.84. The van der Waals surface area contributed by atoms with E-state index in [1.807, 2.05) is 0 Å². The number of benzene rings is 1. The second-order valence-corrected chi connectivity index (χ2v) is 7.65. The molecule has 0 aliphatic heterocycles. The Bertz CT molecular complexity index is 1100. The highest BCUT2D eigenvalue weighted by Crippen LogP contribution is 2.62. The van der Waals surface area contributed by atoms with Crippen molar-refractivity contribution in [3.8, 4) is 5.75 Å². The van der Waals surface area contributed by atoms with Crippen molar-refractivity contribution in [2.75, 3.05) is 12.4 Å². The minimum Gasteiger partial charge on any atom is -0.497 e. The average molecular weight is 638 g/mol. The van der Waals surface area contributed by atoms with E-state index in [4.69, 9.17) is 0 Å². The molecule has 0 aliphatic rings. The van der Waals surface area contributed by atoms with Gasteiger partial charge in [-0.3, -0.25) is 0 Å². The van der Waals surface area contributed by atoms with Crippen LogP contribution in [0.25, 0.3) is 0 Å². The SMILES string of the molecule is COc1cccc(Nc2nc(C(C(F)(F)F)(C(F)(F)F)C(F)(F)F)nc(C(C(F)(F)F)(C(F)(F)F)C(F)(F)F)n2)c1. The number of hydrogen-bond donors (Lipinski definition) is 1. The van der Waals surface area contributed by atoms with Crippen LogP contribution in [0.15, 0.2) is 24.3 Å². The van der Waals surface area contributed by atoms with Crippen molar-refractivity contribution < 1.29 is 83.8 Å². The number of hydrogen-bond acceptors (Lipinski definition) is 5. The van der Waals surface area contributed by atoms with Gasteiger partial charge in [-0.2, -0.15) is 89.0 Å². The maximum atomic E-state index is 13.6. The zero-order valence-electron chi connectivity index (χ0n) is 18.9. The molecule has 1 heterocycles. The number of ether oxygens (including phenoxy) is 1. The fourth-order valence-electron chi connectivity index (χ4n) is 3.32. The molecule has 0 saturated carbocycles. The van der Waals surface area contributed by atoms with E-state index in [9.17, 15) is 79.0 Å². The third-order valence-electron chi connectivity index (χ3n) is 5.18. The fourth-order valence-corrected chi connectivity index (χ4v) is 3.32. The summed E-state index contributed by atoms with van der Waals surface area (Å²) in [5.74, 6) is -10.8. The van der Waals surface area contributed by atoms with Gasteiger partial charge in [0.25, 0.3) is 0 Å². The van der Waals surface area contributed by atoms with Gasteiger partial charge in [0, 0.05) is 11.8 Å². The molecular formula is C18H8F18N4O. The molecule has 0 radical (unpaired) electrons. The first-order chi connectivity index (χ1) is 18.1. The molecule has 0 aliphatic carbocycles. The molecule has 1 N–H and O–H groups in total. The molecule has 1 aromatic heterocycles. The van der Waals surface area contributed by atoms with E-state index >= 15 is 0 Å². The van der Waals surface area contributed by atoms with Gasteiger partial charge >= 0.3 is 47.9 Å². The molecule has 2 aromatic rings. The van der Waals surface area contributed by atoms with Crippen molar-refractivity contribution in [3.63, 3.8) is 0 Å². The first-order valence-electron chi connectivity index (χ1n) is 9.68. The van der Waals surface area contributed by atoms with Crippen LogP contribution in [0.4, 0.5) is 90.7 Å². The normalized spacial score (nSPS) is 14.7. The van der Waals surface area contributed by atoms with E-state index in [1.54, 1.807) is 0 Å². The van der Waals surface area contributed by atoms with Crippen LogP contribution < -0.4 is 10.1 Å². The van der Waals surface area contributed by atoms with Gasteiger partial charge in [0.1, 0.15) is 5.75 Å². The number of halogens is 18. The molecule has 0 fully saturated rings. The lowest BCUT2D eigenvalue weighted by Gasteiger charge is -2.39. The molecule has 1 aromatic carbocycles. The monoisotopic (exact) mass is 638 g/mol. The standard InChI is InChI=1S/C18H8F18N4O/c1-41-7-4-2-3-6(5-7)37-10-39-8(11(13(19,20)21,14(22,23)24)15(25,26)27)38-9(40-10)12(16(28,29)30,17(31,32)33)18(34,35)36/h2-5H,1H3,(H,37,38,39,40). The highest BCUT2D eigenvalue weighted by atomic mass is 19.4. The van der Waals surface area contributed by atoms with Crippen molar-refractivity contribution >= 4 is 11.6 Å². The van der Waals surface area contributed by atoms with Gasteiger partial charge in [-0.05, 0) is 12.1 Å². The van der Waals surface area contributed by atoms with Crippen LogP contribution in [0, 0.1) is 0 Å². The third kappa shape index (κ3) is 5.33. The Morgan fingerprint density at radius 2 is 0.878 bits per heavy atom. The highest BCUT2D eigenvalue weighted by molar-refractivity contribution is 5.56. The smallest absolute Gasteiger partial charge is 0.419 e. The summed E-state index contributed by atoms with van der Waals surface area (Å²) in [5.41, 5.74) is -15.8. The number of alkyl halides is 18. The maximum absolute atomic E-state index is 13.6. The summed E-state index contributed by atoms with van der Waals surface area (Å²) in [6, 6.07) is 3.30. The van der Waals surface area contributed by atoms with Gasteiger partial charge in [-0.25, -0.2) is 4.98 Å². The molecule has 0 spiro atoms. The first kappa shape index (κ1) is 33.8. The molecule has 5 nitrogen and oxygen atoms in total. The largest absolute Gasteiger partial charge is 0.497 e. The van der Waals surface area contributed by atoms with Gasteiger partial charge < -0.3 is 10.1 Å². The third-order valence-corrected chi connectivity index (χ3v) is 5.18. The Kier molecular flexibility index (Phi) is 8.11. The number of anilines is 2. The van der Waals surface area contributed by atoms with Gasteiger partial charge in [0.15, 0.2) is 11.6 Å². The number of nitrogens with one attached hydrogen (secondary N) is 1. The molecule has 0 atom stereocenters. The summed E-state index contributed by atoms with van der Waals surface area (Å²) in [7, 11) is 0.937. The molecule has 2 rings (SSSR count). The number of nitrogens with zero attached hydrogens (tertiary/aromatic N) is 3. The Morgan fingerprint density at radius 1 is 0.537 bits per heavy atom. The zero-order valence-corrected chi connectivity index (χ0v) is 18.9. The summed E-state index contributed by atoms with van der Waals surface area (Å²) in [5, 5.41) is 1.37. The van der Waals surface area contributed by atoms with Crippen molar-refractivity contribution in [1.29, 1.82) is 0 Å². The average Bonchev–Trinajstić information content (AvgIpc) is 2.67. The lowest BCUT2D eigenvalue weighted by molar-refractivity contribution is -0.391. The van der Waals surface area contributed by atoms with Crippen molar-refractivity contribution in [2.45, 2.75) is 47.9 Å². The fraction of sp³-hybridized carbons (Fsp3) is 0.500. The van der Waals surface area contributed by atoms with Crippen LogP contribution in [-0.2, 0) is 10.8 Å². The lowest BCUT2D eigenvalue weighted by Crippen LogP contribution is -2.66. The summed E-state index contributed by atoms with van der Waals surface area (Å²) in [6.45, 7) is 0. The highest BCUT2D eigenvalue weighted by Gasteiger charge is 2.89. The minimum atomic E-state index is -7.76. The predicted molar refractivity (Wildman–Crippen MR) is 95.8 cm³/mol. The Hall–Kier alpha value is -3.43. The Labute approximate surface area is 213 Å². The van der Waals surface area contributed by atoms with E-state index in [0.29, 0.717) is 12.1 Å². The van der Waals surface area contributed by atoms with Crippen LogP contribution in [0.3, 0.4) is 0 Å². The number of aromatic nitrogens is 3. The summed E-state index contributed by atoms with van der Waals surface area (Å²) < 4.78 is 249. The molecule has 0 unspecified atom stereocenters. The zero-order chi connectivity index (χ0) is 32.3. The number of methoxy groups -OCH3 is 1. The predicted octanol–water partition coefficient (Wildman–Crippen LogP) is 7.47. The van der Waals surface area contributed by atoms with E-state index in [0.717, 1.165) is 19.2 Å². The molecule has 0 bridgehead atoms. The van der Waals surface area contributed by atoms with Crippen LogP contribution in [0.5, 0.6) is 5.75 Å². The Balaban J connectivity index is 3.27. The Morgan fingerprint density at radius 3 is 1.17 bits per heavy atom. The van der Waals surface area contributed by atoms with Crippen molar-refractivity contribution in [3.05, 3.63) is 35.9 Å². The lowest BCUT2D eigenvalue weighted by atomic mass is 9.82. The quantitative estimate of drug-likeness (QED) is 0.345. The molecule has 232 valence electrons. The van der Waals surface area contributed by atoms with Crippen LogP contribution >= 0.6 is 0 Å². The summed E-state index contributed by atoms with van der Waals surface area (Å²) in [4.78, 5) is 5.50.